The number of rotatable bonds is 5. The van der Waals surface area contributed by atoms with Gasteiger partial charge in [-0.25, -0.2) is 9.78 Å². The molecule has 9 heteroatoms. The van der Waals surface area contributed by atoms with Crippen LogP contribution < -0.4 is 15.0 Å². The number of hydrogen-bond acceptors (Lipinski definition) is 6. The number of aromatic nitrogens is 1. The number of thiazole rings is 1. The van der Waals surface area contributed by atoms with Crippen LogP contribution in [0.4, 0.5) is 15.6 Å². The Morgan fingerprint density at radius 1 is 1.18 bits per heavy atom. The van der Waals surface area contributed by atoms with E-state index in [9.17, 15) is 9.59 Å². The molecule has 0 unspecified atom stereocenters. The number of piperazine rings is 1. The van der Waals surface area contributed by atoms with Crippen molar-refractivity contribution >= 4 is 34.1 Å². The van der Waals surface area contributed by atoms with Gasteiger partial charge in [0, 0.05) is 55.8 Å². The maximum atomic E-state index is 13.1. The largest absolute Gasteiger partial charge is 0.496 e. The Bertz CT molecular complexity index is 982. The van der Waals surface area contributed by atoms with Gasteiger partial charge in [0.2, 0.25) is 5.91 Å². The van der Waals surface area contributed by atoms with Crippen molar-refractivity contribution in [3.05, 3.63) is 35.3 Å². The molecule has 0 spiro atoms. The van der Waals surface area contributed by atoms with Crippen molar-refractivity contribution in [2.75, 3.05) is 50.1 Å². The first-order valence-corrected chi connectivity index (χ1v) is 12.7. The topological polar surface area (TPSA) is 78.0 Å². The average Bonchev–Trinajstić information content (AvgIpc) is 3.39. The van der Waals surface area contributed by atoms with Gasteiger partial charge in [0.05, 0.1) is 19.3 Å². The number of nitrogens with one attached hydrogen (secondary N) is 1. The number of urea groups is 1. The number of benzene rings is 1. The van der Waals surface area contributed by atoms with E-state index < -0.39 is 0 Å². The van der Waals surface area contributed by atoms with Gasteiger partial charge < -0.3 is 24.8 Å². The maximum Gasteiger partial charge on any atom is 0.322 e. The van der Waals surface area contributed by atoms with Crippen LogP contribution in [0, 0.1) is 11.8 Å². The van der Waals surface area contributed by atoms with Crippen LogP contribution in [0.25, 0.3) is 0 Å². The number of anilines is 2. The molecule has 1 aromatic heterocycles. The molecule has 1 saturated carbocycles. The summed E-state index contributed by atoms with van der Waals surface area (Å²) in [5, 5.41) is 6.04. The second-order valence-electron chi connectivity index (χ2n) is 9.14. The molecular weight excluding hydrogens is 438 g/mol. The molecule has 0 bridgehead atoms. The van der Waals surface area contributed by atoms with E-state index in [0.29, 0.717) is 18.4 Å². The van der Waals surface area contributed by atoms with Gasteiger partial charge in [0.1, 0.15) is 5.75 Å². The molecule has 2 fully saturated rings. The number of carbonyl (C=O) groups is 2. The quantitative estimate of drug-likeness (QED) is 0.723. The first kappa shape index (κ1) is 22.0. The van der Waals surface area contributed by atoms with E-state index in [4.69, 9.17) is 4.74 Å². The summed E-state index contributed by atoms with van der Waals surface area (Å²) < 4.78 is 5.49. The van der Waals surface area contributed by atoms with Crippen LogP contribution >= 0.6 is 11.3 Å². The standard InChI is InChI=1S/C24H31N5O3S/c1-32-21-4-2-3-20-19(21)16-29(23(31)26-20)15-17-5-7-18(8-6-17)22(30)27-10-12-28(13-11-27)24-25-9-14-33-24/h2-4,9,14,17-18H,5-8,10-13,15-16H2,1H3,(H,26,31). The second-order valence-corrected chi connectivity index (χ2v) is 10.0. The van der Waals surface area contributed by atoms with Crippen molar-refractivity contribution in [1.82, 2.24) is 14.8 Å². The number of fused-ring (bicyclic) bond motifs is 1. The molecule has 1 N–H and O–H groups in total. The average molecular weight is 470 g/mol. The number of hydrogen-bond donors (Lipinski definition) is 1. The molecule has 8 nitrogen and oxygen atoms in total. The lowest BCUT2D eigenvalue weighted by Crippen LogP contribution is -2.51. The number of methoxy groups -OCH3 is 1. The smallest absolute Gasteiger partial charge is 0.322 e. The van der Waals surface area contributed by atoms with Crippen molar-refractivity contribution in [2.24, 2.45) is 11.8 Å². The zero-order chi connectivity index (χ0) is 22.8. The summed E-state index contributed by atoms with van der Waals surface area (Å²) >= 11 is 1.65. The Hall–Kier alpha value is -2.81. The predicted octanol–water partition coefficient (Wildman–Crippen LogP) is 3.65. The highest BCUT2D eigenvalue weighted by molar-refractivity contribution is 7.13. The van der Waals surface area contributed by atoms with Crippen molar-refractivity contribution in [3.63, 3.8) is 0 Å². The highest BCUT2D eigenvalue weighted by Crippen LogP contribution is 2.35. The summed E-state index contributed by atoms with van der Waals surface area (Å²) in [4.78, 5) is 36.3. The van der Waals surface area contributed by atoms with E-state index >= 15 is 0 Å². The Morgan fingerprint density at radius 2 is 1.97 bits per heavy atom. The van der Waals surface area contributed by atoms with Crippen molar-refractivity contribution < 1.29 is 14.3 Å². The minimum atomic E-state index is -0.0490. The van der Waals surface area contributed by atoms with Gasteiger partial charge in [-0.2, -0.15) is 0 Å². The highest BCUT2D eigenvalue weighted by Gasteiger charge is 2.33. The molecular formula is C24H31N5O3S. The molecule has 3 heterocycles. The molecule has 2 aliphatic heterocycles. The number of amides is 3. The van der Waals surface area contributed by atoms with E-state index in [0.717, 1.165) is 80.5 Å². The second kappa shape index (κ2) is 9.59. The number of carbonyl (C=O) groups excluding carboxylic acids is 2. The van der Waals surface area contributed by atoms with Crippen LogP contribution in [0.3, 0.4) is 0 Å². The Kier molecular flexibility index (Phi) is 6.39. The molecule has 176 valence electrons. The Morgan fingerprint density at radius 3 is 2.67 bits per heavy atom. The Balaban J connectivity index is 1.11. The number of nitrogens with zero attached hydrogens (tertiary/aromatic N) is 4. The van der Waals surface area contributed by atoms with Gasteiger partial charge in [-0.3, -0.25) is 4.79 Å². The van der Waals surface area contributed by atoms with Crippen molar-refractivity contribution in [3.8, 4) is 5.75 Å². The van der Waals surface area contributed by atoms with E-state index in [1.165, 1.54) is 0 Å². The van der Waals surface area contributed by atoms with Crippen LogP contribution in [0.1, 0.15) is 31.2 Å². The molecule has 3 aliphatic rings. The van der Waals surface area contributed by atoms with Crippen LogP contribution in [0.15, 0.2) is 29.8 Å². The third kappa shape index (κ3) is 4.64. The monoisotopic (exact) mass is 469 g/mol. The minimum Gasteiger partial charge on any atom is -0.496 e. The molecule has 1 aromatic carbocycles. The SMILES string of the molecule is COc1cccc2c1CN(CC1CCC(C(=O)N3CCN(c4nccs4)CC3)CC1)C(=O)N2. The van der Waals surface area contributed by atoms with Crippen LogP contribution in [0.2, 0.25) is 0 Å². The molecule has 5 rings (SSSR count). The third-order valence-corrected chi connectivity index (χ3v) is 8.02. The molecule has 3 amide bonds. The molecule has 1 aliphatic carbocycles. The van der Waals surface area contributed by atoms with E-state index in [1.807, 2.05) is 39.6 Å². The van der Waals surface area contributed by atoms with E-state index in [1.54, 1.807) is 18.4 Å². The molecule has 2 aromatic rings. The fraction of sp³-hybridized carbons (Fsp3) is 0.542. The fourth-order valence-electron chi connectivity index (χ4n) is 5.29. The first-order valence-electron chi connectivity index (χ1n) is 11.8. The van der Waals surface area contributed by atoms with Gasteiger partial charge >= 0.3 is 6.03 Å². The zero-order valence-electron chi connectivity index (χ0n) is 19.0. The fourth-order valence-corrected chi connectivity index (χ4v) is 5.99. The van der Waals surface area contributed by atoms with Gasteiger partial charge in [-0.05, 0) is 43.7 Å². The van der Waals surface area contributed by atoms with Crippen molar-refractivity contribution in [2.45, 2.75) is 32.2 Å². The highest BCUT2D eigenvalue weighted by atomic mass is 32.1. The van der Waals surface area contributed by atoms with Gasteiger partial charge in [-0.15, -0.1) is 11.3 Å². The summed E-state index contributed by atoms with van der Waals surface area (Å²) in [7, 11) is 1.66. The predicted molar refractivity (Wildman–Crippen MR) is 129 cm³/mol. The molecule has 0 radical (unpaired) electrons. The summed E-state index contributed by atoms with van der Waals surface area (Å²) in [5.74, 6) is 1.66. The summed E-state index contributed by atoms with van der Waals surface area (Å²) in [6.45, 7) is 4.53. The van der Waals surface area contributed by atoms with Gasteiger partial charge in [0.25, 0.3) is 0 Å². The summed E-state index contributed by atoms with van der Waals surface area (Å²) in [5.41, 5.74) is 1.86. The zero-order valence-corrected chi connectivity index (χ0v) is 19.9. The van der Waals surface area contributed by atoms with Crippen LogP contribution in [0.5, 0.6) is 5.75 Å². The van der Waals surface area contributed by atoms with Gasteiger partial charge in [-0.1, -0.05) is 6.07 Å². The maximum absolute atomic E-state index is 13.1. The molecule has 0 atom stereocenters. The van der Waals surface area contributed by atoms with Crippen LogP contribution in [-0.4, -0.2) is 66.6 Å². The molecule has 1 saturated heterocycles. The van der Waals surface area contributed by atoms with Crippen LogP contribution in [-0.2, 0) is 11.3 Å². The summed E-state index contributed by atoms with van der Waals surface area (Å²) in [6, 6.07) is 5.69. The lowest BCUT2D eigenvalue weighted by molar-refractivity contribution is -0.137. The first-order chi connectivity index (χ1) is 16.1. The van der Waals surface area contributed by atoms with Gasteiger partial charge in [0.15, 0.2) is 5.13 Å². The van der Waals surface area contributed by atoms with E-state index in [-0.39, 0.29) is 11.9 Å². The third-order valence-electron chi connectivity index (χ3n) is 7.19. The molecule has 33 heavy (non-hydrogen) atoms. The lowest BCUT2D eigenvalue weighted by Gasteiger charge is -2.39. The number of ether oxygens (including phenoxy) is 1. The van der Waals surface area contributed by atoms with E-state index in [2.05, 4.69) is 15.2 Å². The lowest BCUT2D eigenvalue weighted by atomic mass is 9.81. The minimum absolute atomic E-state index is 0.0490. The van der Waals surface area contributed by atoms with Crippen molar-refractivity contribution in [1.29, 1.82) is 0 Å². The Labute approximate surface area is 198 Å². The summed E-state index contributed by atoms with van der Waals surface area (Å²) in [6.07, 6.45) is 5.62. The normalized spacial score (nSPS) is 23.2.